The third kappa shape index (κ3) is 5.88. The van der Waals surface area contributed by atoms with Crippen LogP contribution in [0.25, 0.3) is 0 Å². The summed E-state index contributed by atoms with van der Waals surface area (Å²) in [6.07, 6.45) is -0.153. The molecule has 7 nitrogen and oxygen atoms in total. The average Bonchev–Trinajstić information content (AvgIpc) is 2.60. The monoisotopic (exact) mass is 339 g/mol. The molecule has 0 fully saturated rings. The quantitative estimate of drug-likeness (QED) is 0.753. The molecule has 0 bridgehead atoms. The maximum absolute atomic E-state index is 11.7. The molecular formula is C18H17N3O4. The molecule has 128 valence electrons. The minimum absolute atomic E-state index is 0.153. The second-order valence-electron chi connectivity index (χ2n) is 5.07. The first-order chi connectivity index (χ1) is 12.1. The van der Waals surface area contributed by atoms with Crippen LogP contribution in [0.15, 0.2) is 54.6 Å². The normalized spacial score (nSPS) is 11.0. The second kappa shape index (κ2) is 8.93. The van der Waals surface area contributed by atoms with Gasteiger partial charge in [-0.25, -0.2) is 4.79 Å². The first-order valence-corrected chi connectivity index (χ1v) is 7.50. The minimum atomic E-state index is -0.771. The Morgan fingerprint density at radius 2 is 1.84 bits per heavy atom. The van der Waals surface area contributed by atoms with Crippen molar-refractivity contribution in [1.82, 2.24) is 5.32 Å². The fourth-order valence-corrected chi connectivity index (χ4v) is 2.18. The number of hydrogen-bond donors (Lipinski definition) is 2. The Balaban J connectivity index is 2.16. The predicted octanol–water partition coefficient (Wildman–Crippen LogP) is 2.65. The van der Waals surface area contributed by atoms with Gasteiger partial charge in [-0.2, -0.15) is 5.26 Å². The van der Waals surface area contributed by atoms with Gasteiger partial charge < -0.3 is 20.5 Å². The number of primary amides is 1. The molecule has 0 unspecified atom stereocenters. The first kappa shape index (κ1) is 17.8. The van der Waals surface area contributed by atoms with Gasteiger partial charge in [0.15, 0.2) is 6.61 Å². The number of nitrogens with zero attached hydrogens (tertiary/aromatic N) is 1. The number of nitrogens with two attached hydrogens (primary N) is 1. The lowest BCUT2D eigenvalue weighted by Gasteiger charge is -2.18. The average molecular weight is 339 g/mol. The van der Waals surface area contributed by atoms with Crippen LogP contribution in [0.5, 0.6) is 11.5 Å². The van der Waals surface area contributed by atoms with Crippen molar-refractivity contribution < 1.29 is 19.1 Å². The predicted molar refractivity (Wildman–Crippen MR) is 89.6 cm³/mol. The van der Waals surface area contributed by atoms with Crippen molar-refractivity contribution in [2.45, 2.75) is 12.5 Å². The third-order valence-electron chi connectivity index (χ3n) is 3.22. The highest BCUT2D eigenvalue weighted by Crippen LogP contribution is 2.26. The summed E-state index contributed by atoms with van der Waals surface area (Å²) in [5.41, 5.74) is 5.81. The van der Waals surface area contributed by atoms with Crippen molar-refractivity contribution in [3.05, 3.63) is 60.2 Å². The van der Waals surface area contributed by atoms with Crippen molar-refractivity contribution in [3.63, 3.8) is 0 Å². The maximum atomic E-state index is 11.7. The topological polar surface area (TPSA) is 114 Å². The summed E-state index contributed by atoms with van der Waals surface area (Å²) >= 11 is 0. The van der Waals surface area contributed by atoms with E-state index >= 15 is 0 Å². The molecule has 0 aliphatic heterocycles. The standard InChI is InChI=1S/C18H17N3O4/c19-9-10-24-17(22)12-16(21-18(20)23)13-5-4-8-15(11-13)25-14-6-2-1-3-7-14/h1-8,11,16H,10,12H2,(H3,20,21,23)/t16-/m1/s1. The molecule has 0 saturated heterocycles. The number of urea groups is 1. The van der Waals surface area contributed by atoms with Gasteiger partial charge in [0.1, 0.15) is 17.6 Å². The zero-order valence-corrected chi connectivity index (χ0v) is 13.3. The summed E-state index contributed by atoms with van der Waals surface area (Å²) in [6, 6.07) is 16.4. The van der Waals surface area contributed by atoms with Crippen LogP contribution >= 0.6 is 0 Å². The molecule has 2 amide bonds. The van der Waals surface area contributed by atoms with Gasteiger partial charge in [-0.3, -0.25) is 4.79 Å². The highest BCUT2D eigenvalue weighted by Gasteiger charge is 2.19. The molecular weight excluding hydrogens is 322 g/mol. The molecule has 0 spiro atoms. The number of benzene rings is 2. The number of hydrogen-bond acceptors (Lipinski definition) is 5. The molecule has 0 aromatic heterocycles. The molecule has 2 aromatic carbocycles. The zero-order valence-electron chi connectivity index (χ0n) is 13.3. The van der Waals surface area contributed by atoms with E-state index in [2.05, 4.69) is 5.32 Å². The number of nitrogens with one attached hydrogen (secondary N) is 1. The van der Waals surface area contributed by atoms with E-state index in [1.165, 1.54) is 0 Å². The molecule has 2 rings (SSSR count). The number of carbonyl (C=O) groups is 2. The van der Waals surface area contributed by atoms with E-state index in [9.17, 15) is 9.59 Å². The number of ether oxygens (including phenoxy) is 2. The van der Waals surface area contributed by atoms with Crippen LogP contribution in [0.4, 0.5) is 4.79 Å². The van der Waals surface area contributed by atoms with Gasteiger partial charge in [-0.05, 0) is 29.8 Å². The number of carbonyl (C=O) groups excluding carboxylic acids is 2. The van der Waals surface area contributed by atoms with Gasteiger partial charge in [-0.15, -0.1) is 0 Å². The Hall–Kier alpha value is -3.53. The zero-order chi connectivity index (χ0) is 18.1. The maximum Gasteiger partial charge on any atom is 0.312 e. The Morgan fingerprint density at radius 1 is 1.12 bits per heavy atom. The van der Waals surface area contributed by atoms with Gasteiger partial charge in [-0.1, -0.05) is 30.3 Å². The number of nitriles is 1. The van der Waals surface area contributed by atoms with Crippen molar-refractivity contribution in [2.24, 2.45) is 5.73 Å². The van der Waals surface area contributed by atoms with E-state index in [0.717, 1.165) is 0 Å². The molecule has 0 heterocycles. The van der Waals surface area contributed by atoms with Crippen LogP contribution in [-0.2, 0) is 9.53 Å². The molecule has 3 N–H and O–H groups in total. The Morgan fingerprint density at radius 3 is 2.52 bits per heavy atom. The number of esters is 1. The van der Waals surface area contributed by atoms with Gasteiger partial charge in [0.05, 0.1) is 12.5 Å². The van der Waals surface area contributed by atoms with Crippen LogP contribution in [0.1, 0.15) is 18.0 Å². The summed E-state index contributed by atoms with van der Waals surface area (Å²) in [4.78, 5) is 23.0. The Labute approximate surface area is 145 Å². The van der Waals surface area contributed by atoms with Gasteiger partial charge in [0, 0.05) is 0 Å². The molecule has 0 radical (unpaired) electrons. The van der Waals surface area contributed by atoms with E-state index in [4.69, 9.17) is 20.5 Å². The summed E-state index contributed by atoms with van der Waals surface area (Å²) < 4.78 is 10.5. The van der Waals surface area contributed by atoms with Crippen LogP contribution in [0.3, 0.4) is 0 Å². The lowest BCUT2D eigenvalue weighted by molar-refractivity contribution is -0.142. The molecule has 0 saturated carbocycles. The molecule has 1 atom stereocenters. The molecule has 2 aromatic rings. The minimum Gasteiger partial charge on any atom is -0.457 e. The van der Waals surface area contributed by atoms with Crippen LogP contribution in [0.2, 0.25) is 0 Å². The fraction of sp³-hybridized carbons (Fsp3) is 0.167. The highest BCUT2D eigenvalue weighted by atomic mass is 16.5. The van der Waals surface area contributed by atoms with E-state index in [-0.39, 0.29) is 13.0 Å². The summed E-state index contributed by atoms with van der Waals surface area (Å²) in [7, 11) is 0. The van der Waals surface area contributed by atoms with Crippen LogP contribution in [0, 0.1) is 11.3 Å². The van der Waals surface area contributed by atoms with Crippen LogP contribution in [-0.4, -0.2) is 18.6 Å². The lowest BCUT2D eigenvalue weighted by Crippen LogP contribution is -2.34. The molecule has 0 aliphatic carbocycles. The molecule has 7 heteroatoms. The first-order valence-electron chi connectivity index (χ1n) is 7.50. The molecule has 25 heavy (non-hydrogen) atoms. The van der Waals surface area contributed by atoms with Crippen molar-refractivity contribution >= 4 is 12.0 Å². The fourth-order valence-electron chi connectivity index (χ4n) is 2.18. The summed E-state index contributed by atoms with van der Waals surface area (Å²) in [6.45, 7) is -0.348. The van der Waals surface area contributed by atoms with E-state index in [1.807, 2.05) is 30.3 Å². The number of para-hydroxylation sites is 1. The lowest BCUT2D eigenvalue weighted by atomic mass is 10.0. The molecule has 0 aliphatic rings. The Bertz CT molecular complexity index is 771. The van der Waals surface area contributed by atoms with E-state index < -0.39 is 18.0 Å². The van der Waals surface area contributed by atoms with Crippen LogP contribution < -0.4 is 15.8 Å². The largest absolute Gasteiger partial charge is 0.457 e. The van der Waals surface area contributed by atoms with E-state index in [1.54, 1.807) is 30.3 Å². The Kier molecular flexibility index (Phi) is 6.37. The highest BCUT2D eigenvalue weighted by molar-refractivity contribution is 5.75. The number of rotatable bonds is 7. The number of amides is 2. The van der Waals surface area contributed by atoms with Gasteiger partial charge >= 0.3 is 12.0 Å². The van der Waals surface area contributed by atoms with Crippen molar-refractivity contribution in [3.8, 4) is 17.6 Å². The van der Waals surface area contributed by atoms with Crippen molar-refractivity contribution in [2.75, 3.05) is 6.61 Å². The second-order valence-corrected chi connectivity index (χ2v) is 5.07. The summed E-state index contributed by atoms with van der Waals surface area (Å²) in [5.74, 6) is 0.590. The summed E-state index contributed by atoms with van der Waals surface area (Å²) in [5, 5.41) is 10.9. The van der Waals surface area contributed by atoms with E-state index in [0.29, 0.717) is 17.1 Å². The third-order valence-corrected chi connectivity index (χ3v) is 3.22. The van der Waals surface area contributed by atoms with Gasteiger partial charge in [0.2, 0.25) is 0 Å². The SMILES string of the molecule is N#CCOC(=O)C[C@@H](NC(N)=O)c1cccc(Oc2ccccc2)c1. The smallest absolute Gasteiger partial charge is 0.312 e. The van der Waals surface area contributed by atoms with Gasteiger partial charge in [0.25, 0.3) is 0 Å². The van der Waals surface area contributed by atoms with Crippen molar-refractivity contribution in [1.29, 1.82) is 5.26 Å².